The number of carbonyl (C=O) groups is 1. The molecule has 1 aromatic rings. The van der Waals surface area contributed by atoms with Crippen LogP contribution < -0.4 is 10.1 Å². The van der Waals surface area contributed by atoms with Gasteiger partial charge >= 0.3 is 6.09 Å². The molecule has 2 N–H and O–H groups in total. The van der Waals surface area contributed by atoms with Crippen molar-refractivity contribution >= 4 is 27.7 Å². The SMILES string of the molecule is Cc1c(Br)c2c(c(C)c1NC(=O)O)C(N1CCCC1)C(C)(C)O2. The molecule has 1 amide bonds. The molecule has 5 nitrogen and oxygen atoms in total. The topological polar surface area (TPSA) is 61.8 Å². The monoisotopic (exact) mass is 382 g/mol. The minimum atomic E-state index is -1.04. The summed E-state index contributed by atoms with van der Waals surface area (Å²) in [5, 5.41) is 11.7. The Morgan fingerprint density at radius 2 is 1.91 bits per heavy atom. The van der Waals surface area contributed by atoms with Gasteiger partial charge in [0.05, 0.1) is 16.2 Å². The number of ether oxygens (including phenoxy) is 1. The molecule has 23 heavy (non-hydrogen) atoms. The molecular weight excluding hydrogens is 360 g/mol. The molecule has 2 heterocycles. The largest absolute Gasteiger partial charge is 0.484 e. The van der Waals surface area contributed by atoms with Gasteiger partial charge in [-0.25, -0.2) is 4.79 Å². The smallest absolute Gasteiger partial charge is 0.409 e. The Labute approximate surface area is 145 Å². The third-order valence-electron chi connectivity index (χ3n) is 4.96. The summed E-state index contributed by atoms with van der Waals surface area (Å²) >= 11 is 3.62. The fraction of sp³-hybridized carbons (Fsp3) is 0.588. The van der Waals surface area contributed by atoms with Gasteiger partial charge in [-0.2, -0.15) is 0 Å². The molecule has 0 radical (unpaired) electrons. The molecule has 1 unspecified atom stereocenters. The summed E-state index contributed by atoms with van der Waals surface area (Å²) in [5.74, 6) is 0.859. The molecular formula is C17H23BrN2O3. The van der Waals surface area contributed by atoms with Gasteiger partial charge in [0, 0.05) is 5.56 Å². The Morgan fingerprint density at radius 3 is 2.48 bits per heavy atom. The lowest BCUT2D eigenvalue weighted by molar-refractivity contribution is 0.0396. The fourth-order valence-electron chi connectivity index (χ4n) is 4.00. The number of benzene rings is 1. The molecule has 0 spiro atoms. The molecule has 1 fully saturated rings. The lowest BCUT2D eigenvalue weighted by Gasteiger charge is -2.34. The fourth-order valence-corrected chi connectivity index (χ4v) is 4.49. The maximum atomic E-state index is 11.2. The average molecular weight is 383 g/mol. The number of nitrogens with one attached hydrogen (secondary N) is 1. The van der Waals surface area contributed by atoms with E-state index in [9.17, 15) is 4.79 Å². The van der Waals surface area contributed by atoms with Crippen molar-refractivity contribution in [3.05, 3.63) is 21.2 Å². The van der Waals surface area contributed by atoms with Crippen LogP contribution in [-0.4, -0.2) is 34.8 Å². The van der Waals surface area contributed by atoms with E-state index in [1.807, 2.05) is 13.8 Å². The van der Waals surface area contributed by atoms with E-state index in [1.165, 1.54) is 12.8 Å². The summed E-state index contributed by atoms with van der Waals surface area (Å²) in [4.78, 5) is 13.6. The van der Waals surface area contributed by atoms with Crippen molar-refractivity contribution < 1.29 is 14.6 Å². The highest BCUT2D eigenvalue weighted by Crippen LogP contribution is 2.54. The second kappa shape index (κ2) is 5.67. The molecule has 1 aromatic carbocycles. The molecule has 0 aromatic heterocycles. The molecule has 3 rings (SSSR count). The maximum Gasteiger partial charge on any atom is 0.409 e. The van der Waals surface area contributed by atoms with Crippen LogP contribution >= 0.6 is 15.9 Å². The first-order chi connectivity index (χ1) is 10.7. The molecule has 6 heteroatoms. The van der Waals surface area contributed by atoms with Gasteiger partial charge in [0.15, 0.2) is 0 Å². The number of rotatable bonds is 2. The van der Waals surface area contributed by atoms with E-state index in [1.54, 1.807) is 0 Å². The predicted molar refractivity (Wildman–Crippen MR) is 93.5 cm³/mol. The van der Waals surface area contributed by atoms with E-state index in [2.05, 4.69) is 40.0 Å². The first kappa shape index (κ1) is 16.6. The second-order valence-corrected chi connectivity index (χ2v) is 7.76. The standard InChI is InChI=1S/C17H23BrN2O3/c1-9-11-14(12(18)10(2)13(9)19-16(21)22)23-17(3,4)15(11)20-7-5-6-8-20/h15,19H,5-8H2,1-4H3,(H,21,22). The van der Waals surface area contributed by atoms with Crippen LogP contribution in [0.15, 0.2) is 4.47 Å². The zero-order valence-corrected chi connectivity index (χ0v) is 15.6. The second-order valence-electron chi connectivity index (χ2n) is 6.96. The van der Waals surface area contributed by atoms with Gasteiger partial charge in [0.2, 0.25) is 0 Å². The Balaban J connectivity index is 2.19. The van der Waals surface area contributed by atoms with Gasteiger partial charge in [-0.15, -0.1) is 0 Å². The quantitative estimate of drug-likeness (QED) is 0.792. The molecule has 126 valence electrons. The number of anilines is 1. The number of amides is 1. The summed E-state index contributed by atoms with van der Waals surface area (Å²) < 4.78 is 7.15. The van der Waals surface area contributed by atoms with Gasteiger partial charge in [0.25, 0.3) is 0 Å². The Hall–Kier alpha value is -1.27. The van der Waals surface area contributed by atoms with Crippen LogP contribution in [-0.2, 0) is 0 Å². The van der Waals surface area contributed by atoms with Crippen LogP contribution in [0.4, 0.5) is 10.5 Å². The minimum absolute atomic E-state index is 0.145. The number of likely N-dealkylation sites (tertiary alicyclic amines) is 1. The summed E-state index contributed by atoms with van der Waals surface area (Å²) in [5.41, 5.74) is 3.26. The molecule has 2 aliphatic rings. The number of hydrogen-bond donors (Lipinski definition) is 2. The van der Waals surface area contributed by atoms with Crippen molar-refractivity contribution in [3.63, 3.8) is 0 Å². The molecule has 2 aliphatic heterocycles. The van der Waals surface area contributed by atoms with Crippen LogP contribution in [0.3, 0.4) is 0 Å². The zero-order valence-electron chi connectivity index (χ0n) is 14.0. The highest BCUT2D eigenvalue weighted by molar-refractivity contribution is 9.10. The van der Waals surface area contributed by atoms with Gasteiger partial charge in [-0.3, -0.25) is 10.2 Å². The van der Waals surface area contributed by atoms with Gasteiger partial charge in [-0.1, -0.05) is 0 Å². The van der Waals surface area contributed by atoms with Gasteiger partial charge in [-0.05, 0) is 80.7 Å². The number of fused-ring (bicyclic) bond motifs is 1. The normalized spacial score (nSPS) is 22.7. The van der Waals surface area contributed by atoms with Crippen molar-refractivity contribution in [1.82, 2.24) is 4.90 Å². The van der Waals surface area contributed by atoms with E-state index < -0.39 is 6.09 Å². The van der Waals surface area contributed by atoms with Crippen LogP contribution in [0.5, 0.6) is 5.75 Å². The number of nitrogens with zero attached hydrogens (tertiary/aromatic N) is 1. The van der Waals surface area contributed by atoms with E-state index in [0.29, 0.717) is 5.69 Å². The average Bonchev–Trinajstić information content (AvgIpc) is 3.06. The first-order valence-electron chi connectivity index (χ1n) is 7.99. The highest BCUT2D eigenvalue weighted by atomic mass is 79.9. The van der Waals surface area contributed by atoms with E-state index in [-0.39, 0.29) is 11.6 Å². The molecule has 1 atom stereocenters. The Bertz CT molecular complexity index is 667. The van der Waals surface area contributed by atoms with Crippen LogP contribution in [0, 0.1) is 13.8 Å². The highest BCUT2D eigenvalue weighted by Gasteiger charge is 2.47. The predicted octanol–water partition coefficient (Wildman–Crippen LogP) is 4.46. The summed E-state index contributed by atoms with van der Waals surface area (Å²) in [7, 11) is 0. The third kappa shape index (κ3) is 2.62. The Kier molecular flexibility index (Phi) is 4.09. The van der Waals surface area contributed by atoms with Crippen molar-refractivity contribution in [1.29, 1.82) is 0 Å². The van der Waals surface area contributed by atoms with Gasteiger partial charge < -0.3 is 9.84 Å². The third-order valence-corrected chi connectivity index (χ3v) is 5.92. The lowest BCUT2D eigenvalue weighted by atomic mass is 9.88. The van der Waals surface area contributed by atoms with E-state index >= 15 is 0 Å². The van der Waals surface area contributed by atoms with Crippen LogP contribution in [0.2, 0.25) is 0 Å². The van der Waals surface area contributed by atoms with Crippen molar-refractivity contribution in [2.45, 2.75) is 52.2 Å². The Morgan fingerprint density at radius 1 is 1.30 bits per heavy atom. The van der Waals surface area contributed by atoms with E-state index in [0.717, 1.165) is 40.0 Å². The number of carboxylic acid groups (broad SMARTS) is 1. The molecule has 0 saturated carbocycles. The summed E-state index contributed by atoms with van der Waals surface area (Å²) in [6.07, 6.45) is 1.36. The minimum Gasteiger partial charge on any atom is -0.484 e. The molecule has 0 aliphatic carbocycles. The molecule has 0 bridgehead atoms. The van der Waals surface area contributed by atoms with Crippen LogP contribution in [0.1, 0.15) is 49.4 Å². The van der Waals surface area contributed by atoms with Crippen molar-refractivity contribution in [2.24, 2.45) is 0 Å². The number of halogens is 1. The lowest BCUT2D eigenvalue weighted by Crippen LogP contribution is -2.41. The summed E-state index contributed by atoms with van der Waals surface area (Å²) in [6, 6.07) is 0.145. The van der Waals surface area contributed by atoms with Crippen molar-refractivity contribution in [2.75, 3.05) is 18.4 Å². The van der Waals surface area contributed by atoms with Crippen molar-refractivity contribution in [3.8, 4) is 5.75 Å². The van der Waals surface area contributed by atoms with Crippen LogP contribution in [0.25, 0.3) is 0 Å². The van der Waals surface area contributed by atoms with E-state index in [4.69, 9.17) is 9.84 Å². The summed E-state index contributed by atoms with van der Waals surface area (Å²) in [6.45, 7) is 10.2. The molecule has 1 saturated heterocycles. The zero-order chi connectivity index (χ0) is 16.9. The first-order valence-corrected chi connectivity index (χ1v) is 8.79. The number of hydrogen-bond acceptors (Lipinski definition) is 3. The van der Waals surface area contributed by atoms with Gasteiger partial charge in [0.1, 0.15) is 11.4 Å². The maximum absolute atomic E-state index is 11.2.